The van der Waals surface area contributed by atoms with Crippen LogP contribution >= 0.6 is 23.6 Å². The van der Waals surface area contributed by atoms with Crippen LogP contribution in [0.5, 0.6) is 0 Å². The molecule has 0 aliphatic heterocycles. The standard InChI is InChI=1S/C17H21N3O2S2/c1-10(18-16(22)11-4-2-3-5-11)8-15(21)19-12-6-7-14-13(9-12)20-17(23)24-14/h6-7,9-11H,2-5,8H2,1H3,(H,18,22)(H,19,21)(H,20,23). The number of rotatable bonds is 5. The van der Waals surface area contributed by atoms with Gasteiger partial charge in [0.15, 0.2) is 3.95 Å². The number of nitrogens with one attached hydrogen (secondary N) is 3. The lowest BCUT2D eigenvalue weighted by Gasteiger charge is -2.16. The average Bonchev–Trinajstić information content (AvgIpc) is 3.14. The third-order valence-electron chi connectivity index (χ3n) is 4.31. The lowest BCUT2D eigenvalue weighted by atomic mass is 10.1. The fourth-order valence-electron chi connectivity index (χ4n) is 3.12. The fourth-order valence-corrected chi connectivity index (χ4v) is 4.22. The number of aromatic nitrogens is 1. The van der Waals surface area contributed by atoms with Gasteiger partial charge in [0.05, 0.1) is 10.2 Å². The van der Waals surface area contributed by atoms with Gasteiger partial charge in [-0.15, -0.1) is 11.3 Å². The van der Waals surface area contributed by atoms with Gasteiger partial charge in [-0.2, -0.15) is 0 Å². The molecule has 2 amide bonds. The van der Waals surface area contributed by atoms with Crippen molar-refractivity contribution in [2.45, 2.75) is 45.1 Å². The smallest absolute Gasteiger partial charge is 0.226 e. The summed E-state index contributed by atoms with van der Waals surface area (Å²) in [6, 6.07) is 5.50. The Hall–Kier alpha value is -1.73. The van der Waals surface area contributed by atoms with Crippen LogP contribution in [-0.4, -0.2) is 22.8 Å². The first-order chi connectivity index (χ1) is 11.5. The summed E-state index contributed by atoms with van der Waals surface area (Å²) in [6.45, 7) is 1.87. The topological polar surface area (TPSA) is 74.0 Å². The number of carbonyl (C=O) groups excluding carboxylic acids is 2. The van der Waals surface area contributed by atoms with Crippen LogP contribution in [0, 0.1) is 9.87 Å². The molecule has 1 aromatic heterocycles. The van der Waals surface area contributed by atoms with Crippen molar-refractivity contribution in [3.63, 3.8) is 0 Å². The van der Waals surface area contributed by atoms with Crippen molar-refractivity contribution in [3.05, 3.63) is 22.2 Å². The van der Waals surface area contributed by atoms with Crippen molar-refractivity contribution in [1.82, 2.24) is 10.3 Å². The summed E-state index contributed by atoms with van der Waals surface area (Å²) in [6.07, 6.45) is 4.44. The highest BCUT2D eigenvalue weighted by atomic mass is 32.1. The number of carbonyl (C=O) groups is 2. The minimum Gasteiger partial charge on any atom is -0.353 e. The molecule has 1 fully saturated rings. The van der Waals surface area contributed by atoms with Crippen molar-refractivity contribution >= 4 is 51.3 Å². The van der Waals surface area contributed by atoms with Gasteiger partial charge in [-0.25, -0.2) is 0 Å². The summed E-state index contributed by atoms with van der Waals surface area (Å²) in [5.41, 5.74) is 1.65. The summed E-state index contributed by atoms with van der Waals surface area (Å²) in [7, 11) is 0. The molecule has 0 radical (unpaired) electrons. The highest BCUT2D eigenvalue weighted by Crippen LogP contribution is 2.25. The number of H-pyrrole nitrogens is 1. The summed E-state index contributed by atoms with van der Waals surface area (Å²) >= 11 is 6.63. The van der Waals surface area contributed by atoms with Crippen LogP contribution in [0.15, 0.2) is 18.2 Å². The van der Waals surface area contributed by atoms with E-state index in [-0.39, 0.29) is 30.2 Å². The predicted octanol–water partition coefficient (Wildman–Crippen LogP) is 3.98. The second-order valence-electron chi connectivity index (χ2n) is 6.37. The van der Waals surface area contributed by atoms with Gasteiger partial charge in [0.1, 0.15) is 0 Å². The second-order valence-corrected chi connectivity index (χ2v) is 8.09. The van der Waals surface area contributed by atoms with E-state index in [0.717, 1.165) is 45.5 Å². The largest absolute Gasteiger partial charge is 0.353 e. The molecule has 5 nitrogen and oxygen atoms in total. The Morgan fingerprint density at radius 1 is 1.38 bits per heavy atom. The molecule has 2 aromatic rings. The second kappa shape index (κ2) is 7.44. The molecular weight excluding hydrogens is 342 g/mol. The molecule has 0 saturated heterocycles. The van der Waals surface area contributed by atoms with Crippen molar-refractivity contribution < 1.29 is 9.59 Å². The summed E-state index contributed by atoms with van der Waals surface area (Å²) < 4.78 is 1.78. The molecule has 3 rings (SSSR count). The molecule has 7 heteroatoms. The number of anilines is 1. The van der Waals surface area contributed by atoms with E-state index in [2.05, 4.69) is 15.6 Å². The highest BCUT2D eigenvalue weighted by Gasteiger charge is 2.24. The zero-order valence-corrected chi connectivity index (χ0v) is 15.2. The van der Waals surface area contributed by atoms with Crippen molar-refractivity contribution in [2.24, 2.45) is 5.92 Å². The minimum atomic E-state index is -0.172. The van der Waals surface area contributed by atoms with Crippen LogP contribution in [0.2, 0.25) is 0 Å². The molecule has 128 valence electrons. The summed E-state index contributed by atoms with van der Waals surface area (Å²) in [5, 5.41) is 5.83. The minimum absolute atomic E-state index is 0.0834. The molecule has 1 saturated carbocycles. The van der Waals surface area contributed by atoms with Crippen molar-refractivity contribution in [3.8, 4) is 0 Å². The Kier molecular flexibility index (Phi) is 5.30. The van der Waals surface area contributed by atoms with Crippen LogP contribution in [0.4, 0.5) is 5.69 Å². The predicted molar refractivity (Wildman–Crippen MR) is 99.8 cm³/mol. The zero-order valence-electron chi connectivity index (χ0n) is 13.6. The first-order valence-corrected chi connectivity index (χ1v) is 9.47. The summed E-state index contributed by atoms with van der Waals surface area (Å²) in [5.74, 6) is 0.0992. The van der Waals surface area contributed by atoms with Gasteiger partial charge in [-0.1, -0.05) is 12.8 Å². The van der Waals surface area contributed by atoms with E-state index in [9.17, 15) is 9.59 Å². The molecule has 1 aromatic carbocycles. The maximum absolute atomic E-state index is 12.2. The average molecular weight is 364 g/mol. The first kappa shape index (κ1) is 17.1. The lowest BCUT2D eigenvalue weighted by Crippen LogP contribution is -2.38. The molecule has 1 atom stereocenters. The zero-order chi connectivity index (χ0) is 17.1. The number of hydrogen-bond acceptors (Lipinski definition) is 4. The van der Waals surface area contributed by atoms with Crippen molar-refractivity contribution in [2.75, 3.05) is 5.32 Å². The Morgan fingerprint density at radius 3 is 2.88 bits per heavy atom. The number of benzene rings is 1. The van der Waals surface area contributed by atoms with E-state index in [0.29, 0.717) is 0 Å². The highest BCUT2D eigenvalue weighted by molar-refractivity contribution is 7.73. The van der Waals surface area contributed by atoms with Gasteiger partial charge in [0, 0.05) is 24.1 Å². The Bertz CT molecular complexity index is 806. The molecule has 3 N–H and O–H groups in total. The van der Waals surface area contributed by atoms with Crippen LogP contribution in [-0.2, 0) is 9.59 Å². The number of thiazole rings is 1. The lowest BCUT2D eigenvalue weighted by molar-refractivity contribution is -0.125. The van der Waals surface area contributed by atoms with E-state index in [4.69, 9.17) is 12.2 Å². The quantitative estimate of drug-likeness (QED) is 0.704. The van der Waals surface area contributed by atoms with E-state index in [1.165, 1.54) is 11.3 Å². The van der Waals surface area contributed by atoms with Gasteiger partial charge >= 0.3 is 0 Å². The maximum atomic E-state index is 12.2. The first-order valence-electron chi connectivity index (χ1n) is 8.24. The van der Waals surface area contributed by atoms with E-state index in [1.807, 2.05) is 25.1 Å². The molecule has 24 heavy (non-hydrogen) atoms. The van der Waals surface area contributed by atoms with Crippen LogP contribution in [0.25, 0.3) is 10.2 Å². The number of amides is 2. The third-order valence-corrected chi connectivity index (χ3v) is 5.52. The molecule has 1 heterocycles. The van der Waals surface area contributed by atoms with E-state index >= 15 is 0 Å². The Morgan fingerprint density at radius 2 is 2.12 bits per heavy atom. The molecule has 1 aliphatic carbocycles. The van der Waals surface area contributed by atoms with Crippen LogP contribution < -0.4 is 10.6 Å². The molecular formula is C17H21N3O2S2. The maximum Gasteiger partial charge on any atom is 0.226 e. The number of hydrogen-bond donors (Lipinski definition) is 3. The van der Waals surface area contributed by atoms with Crippen molar-refractivity contribution in [1.29, 1.82) is 0 Å². The third kappa shape index (κ3) is 4.21. The molecule has 0 bridgehead atoms. The Balaban J connectivity index is 1.53. The molecule has 1 aliphatic rings. The van der Waals surface area contributed by atoms with Crippen LogP contribution in [0.3, 0.4) is 0 Å². The van der Waals surface area contributed by atoms with Gasteiger partial charge < -0.3 is 15.6 Å². The van der Waals surface area contributed by atoms with E-state index in [1.54, 1.807) is 0 Å². The fraction of sp³-hybridized carbons (Fsp3) is 0.471. The number of fused-ring (bicyclic) bond motifs is 1. The van der Waals surface area contributed by atoms with Gasteiger partial charge in [-0.3, -0.25) is 9.59 Å². The van der Waals surface area contributed by atoms with Gasteiger partial charge in [0.2, 0.25) is 11.8 Å². The Labute approximate surface area is 149 Å². The number of aromatic amines is 1. The van der Waals surface area contributed by atoms with Gasteiger partial charge in [-0.05, 0) is 50.2 Å². The molecule has 1 unspecified atom stereocenters. The normalized spacial score (nSPS) is 16.2. The monoisotopic (exact) mass is 363 g/mol. The summed E-state index contributed by atoms with van der Waals surface area (Å²) in [4.78, 5) is 27.4. The van der Waals surface area contributed by atoms with Gasteiger partial charge in [0.25, 0.3) is 0 Å². The molecule has 0 spiro atoms. The van der Waals surface area contributed by atoms with Crippen LogP contribution in [0.1, 0.15) is 39.0 Å². The van der Waals surface area contributed by atoms with E-state index < -0.39 is 0 Å². The SMILES string of the molecule is CC(CC(=O)Nc1ccc2sc(=S)[nH]c2c1)NC(=O)C1CCCC1.